The van der Waals surface area contributed by atoms with Crippen LogP contribution in [0.5, 0.6) is 0 Å². The lowest BCUT2D eigenvalue weighted by atomic mass is 10.1. The first-order valence-electron chi connectivity index (χ1n) is 8.78. The minimum Gasteiger partial charge on any atom is -0.282 e. The number of hydrogen-bond donors (Lipinski definition) is 0. The maximum Gasteiger partial charge on any atom is 0.244 e. The molecule has 0 bridgehead atoms. The maximum absolute atomic E-state index is 13.0. The fourth-order valence-electron chi connectivity index (χ4n) is 2.90. The van der Waals surface area contributed by atoms with E-state index in [1.807, 2.05) is 50.2 Å². The zero-order valence-electron chi connectivity index (χ0n) is 16.3. The van der Waals surface area contributed by atoms with Crippen molar-refractivity contribution in [3.8, 4) is 0 Å². The smallest absolute Gasteiger partial charge is 0.244 e. The highest BCUT2D eigenvalue weighted by molar-refractivity contribution is 7.88. The van der Waals surface area contributed by atoms with Crippen LogP contribution >= 0.6 is 11.3 Å². The zero-order valence-corrected chi connectivity index (χ0v) is 18.0. The average molecular weight is 418 g/mol. The molecule has 0 fully saturated rings. The molecule has 0 N–H and O–H groups in total. The summed E-state index contributed by atoms with van der Waals surface area (Å²) in [6.07, 6.45) is 1.09. The lowest BCUT2D eigenvalue weighted by Crippen LogP contribution is -2.40. The summed E-state index contributed by atoms with van der Waals surface area (Å²) >= 11 is 1.45. The second kappa shape index (κ2) is 7.98. The molecule has 1 amide bonds. The highest BCUT2D eigenvalue weighted by Crippen LogP contribution is 2.33. The molecule has 2 aromatic carbocycles. The Morgan fingerprint density at radius 2 is 1.82 bits per heavy atom. The molecule has 0 saturated carbocycles. The number of anilines is 1. The molecule has 0 aliphatic heterocycles. The second-order valence-electron chi connectivity index (χ2n) is 6.91. The van der Waals surface area contributed by atoms with Crippen molar-refractivity contribution in [1.82, 2.24) is 9.29 Å². The second-order valence-corrected chi connectivity index (χ2v) is 9.98. The first kappa shape index (κ1) is 20.4. The van der Waals surface area contributed by atoms with Crippen LogP contribution < -0.4 is 4.90 Å². The quantitative estimate of drug-likeness (QED) is 0.617. The van der Waals surface area contributed by atoms with Crippen LogP contribution in [0.2, 0.25) is 0 Å². The van der Waals surface area contributed by atoms with Crippen LogP contribution in [0.25, 0.3) is 10.2 Å². The monoisotopic (exact) mass is 417 g/mol. The minimum atomic E-state index is -3.45. The molecule has 0 radical (unpaired) electrons. The van der Waals surface area contributed by atoms with Crippen LogP contribution in [-0.2, 0) is 21.4 Å². The van der Waals surface area contributed by atoms with Gasteiger partial charge in [-0.2, -0.15) is 4.31 Å². The molecule has 0 spiro atoms. The zero-order chi connectivity index (χ0) is 20.5. The van der Waals surface area contributed by atoms with Crippen LogP contribution in [0.4, 0.5) is 5.13 Å². The molecule has 6 nitrogen and oxygen atoms in total. The number of carbonyl (C=O) groups is 1. The third-order valence-electron chi connectivity index (χ3n) is 4.45. The van der Waals surface area contributed by atoms with Crippen molar-refractivity contribution < 1.29 is 13.2 Å². The van der Waals surface area contributed by atoms with E-state index < -0.39 is 10.0 Å². The molecule has 0 aliphatic rings. The Labute approximate surface area is 169 Å². The Balaban J connectivity index is 2.00. The van der Waals surface area contributed by atoms with Gasteiger partial charge in [-0.1, -0.05) is 47.7 Å². The summed E-state index contributed by atoms with van der Waals surface area (Å²) in [7, 11) is -2.05. The maximum atomic E-state index is 13.0. The Morgan fingerprint density at radius 3 is 2.46 bits per heavy atom. The molecule has 1 heterocycles. The number of thiazole rings is 1. The van der Waals surface area contributed by atoms with Gasteiger partial charge in [0.15, 0.2) is 5.13 Å². The summed E-state index contributed by atoms with van der Waals surface area (Å²) in [5.41, 5.74) is 4.02. The highest BCUT2D eigenvalue weighted by Gasteiger charge is 2.24. The van der Waals surface area contributed by atoms with Gasteiger partial charge in [0.25, 0.3) is 0 Å². The Morgan fingerprint density at radius 1 is 1.14 bits per heavy atom. The van der Waals surface area contributed by atoms with Crippen LogP contribution in [0, 0.1) is 13.8 Å². The van der Waals surface area contributed by atoms with Gasteiger partial charge in [-0.05, 0) is 36.6 Å². The summed E-state index contributed by atoms with van der Waals surface area (Å²) in [4.78, 5) is 19.3. The molecule has 3 rings (SSSR count). The molecular formula is C20H23N3O3S2. The van der Waals surface area contributed by atoms with Crippen LogP contribution in [0.1, 0.15) is 16.7 Å². The number of nitrogens with zero attached hydrogens (tertiary/aromatic N) is 3. The highest BCUT2D eigenvalue weighted by atomic mass is 32.2. The molecule has 0 aliphatic carbocycles. The van der Waals surface area contributed by atoms with Gasteiger partial charge >= 0.3 is 0 Å². The van der Waals surface area contributed by atoms with E-state index in [0.717, 1.165) is 37.5 Å². The van der Waals surface area contributed by atoms with Gasteiger partial charge in [-0.15, -0.1) is 0 Å². The number of carbonyl (C=O) groups excluding carboxylic acids is 1. The van der Waals surface area contributed by atoms with E-state index in [1.54, 1.807) is 4.90 Å². The molecule has 1 aromatic heterocycles. The van der Waals surface area contributed by atoms with Crippen LogP contribution in [0.3, 0.4) is 0 Å². The summed E-state index contributed by atoms with van der Waals surface area (Å²) in [6.45, 7) is 4.13. The van der Waals surface area contributed by atoms with Crippen LogP contribution in [0.15, 0.2) is 42.5 Å². The number of likely N-dealkylation sites (N-methyl/N-ethyl adjacent to an activating group) is 1. The number of amides is 1. The topological polar surface area (TPSA) is 70.6 Å². The molecule has 148 valence electrons. The van der Waals surface area contributed by atoms with Crippen molar-refractivity contribution >= 4 is 42.6 Å². The third kappa shape index (κ3) is 4.57. The van der Waals surface area contributed by atoms with Crippen LogP contribution in [-0.4, -0.2) is 43.5 Å². The largest absolute Gasteiger partial charge is 0.282 e. The summed E-state index contributed by atoms with van der Waals surface area (Å²) < 4.78 is 25.6. The average Bonchev–Trinajstić information content (AvgIpc) is 3.03. The van der Waals surface area contributed by atoms with Gasteiger partial charge in [0.2, 0.25) is 15.9 Å². The number of rotatable bonds is 6. The van der Waals surface area contributed by atoms with Crippen molar-refractivity contribution in [3.05, 3.63) is 59.2 Å². The fraction of sp³-hybridized carbons (Fsp3) is 0.300. The number of sulfonamides is 1. The van der Waals surface area contributed by atoms with E-state index >= 15 is 0 Å². The third-order valence-corrected chi connectivity index (χ3v) is 6.94. The van der Waals surface area contributed by atoms with Gasteiger partial charge in [-0.25, -0.2) is 13.4 Å². The van der Waals surface area contributed by atoms with E-state index in [4.69, 9.17) is 0 Å². The van der Waals surface area contributed by atoms with Crippen molar-refractivity contribution in [1.29, 1.82) is 0 Å². The Hall–Kier alpha value is -2.29. The summed E-state index contributed by atoms with van der Waals surface area (Å²) in [5, 5.41) is 0.569. The van der Waals surface area contributed by atoms with E-state index in [1.165, 1.54) is 18.4 Å². The lowest BCUT2D eigenvalue weighted by Gasteiger charge is -2.22. The number of hydrogen-bond acceptors (Lipinski definition) is 5. The Bertz CT molecular complexity index is 1110. The first-order valence-corrected chi connectivity index (χ1v) is 11.4. The molecule has 0 saturated heterocycles. The molecular weight excluding hydrogens is 394 g/mol. The molecule has 0 atom stereocenters. The van der Waals surface area contributed by atoms with Crippen molar-refractivity contribution in [2.45, 2.75) is 20.4 Å². The number of aromatic nitrogens is 1. The predicted molar refractivity (Wildman–Crippen MR) is 114 cm³/mol. The molecule has 3 aromatic rings. The van der Waals surface area contributed by atoms with Gasteiger partial charge in [0.05, 0.1) is 29.6 Å². The fourth-order valence-corrected chi connectivity index (χ4v) is 4.28. The standard InChI is InChI=1S/C20H23N3O3S2/c1-14-10-15(2)19-17(11-14)21-20(27-19)23(12-16-8-6-5-7-9-16)18(24)13-22(3)28(4,25)26/h5-11H,12-13H2,1-4H3. The minimum absolute atomic E-state index is 0.237. The van der Waals surface area contributed by atoms with Gasteiger partial charge in [-0.3, -0.25) is 9.69 Å². The first-order chi connectivity index (χ1) is 13.1. The van der Waals surface area contributed by atoms with Gasteiger partial charge in [0.1, 0.15) is 0 Å². The van der Waals surface area contributed by atoms with Gasteiger partial charge in [0, 0.05) is 7.05 Å². The van der Waals surface area contributed by atoms with Crippen molar-refractivity contribution in [2.75, 3.05) is 24.7 Å². The van der Waals surface area contributed by atoms with E-state index in [9.17, 15) is 13.2 Å². The van der Waals surface area contributed by atoms with Crippen molar-refractivity contribution in [2.24, 2.45) is 0 Å². The number of aryl methyl sites for hydroxylation is 2. The van der Waals surface area contributed by atoms with E-state index in [0.29, 0.717) is 11.7 Å². The van der Waals surface area contributed by atoms with E-state index in [-0.39, 0.29) is 12.5 Å². The normalized spacial score (nSPS) is 11.9. The summed E-state index contributed by atoms with van der Waals surface area (Å²) in [5.74, 6) is -0.315. The van der Waals surface area contributed by atoms with Crippen molar-refractivity contribution in [3.63, 3.8) is 0 Å². The number of fused-ring (bicyclic) bond motifs is 1. The summed E-state index contributed by atoms with van der Waals surface area (Å²) in [6, 6.07) is 13.7. The molecule has 8 heteroatoms. The molecule has 28 heavy (non-hydrogen) atoms. The Kier molecular flexibility index (Phi) is 5.83. The molecule has 0 unspecified atom stereocenters. The SMILES string of the molecule is Cc1cc(C)c2sc(N(Cc3ccccc3)C(=O)CN(C)S(C)(=O)=O)nc2c1. The number of benzene rings is 2. The lowest BCUT2D eigenvalue weighted by molar-refractivity contribution is -0.118. The van der Waals surface area contributed by atoms with Gasteiger partial charge < -0.3 is 0 Å². The van der Waals surface area contributed by atoms with E-state index in [2.05, 4.69) is 11.1 Å². The predicted octanol–water partition coefficient (Wildman–Crippen LogP) is 3.34.